The van der Waals surface area contributed by atoms with Gasteiger partial charge in [-0.05, 0) is 51.1 Å². The van der Waals surface area contributed by atoms with E-state index in [-0.39, 0.29) is 47.4 Å². The van der Waals surface area contributed by atoms with Gasteiger partial charge in [-0.3, -0.25) is 19.7 Å². The quantitative estimate of drug-likeness (QED) is 0.571. The second kappa shape index (κ2) is 9.84. The van der Waals surface area contributed by atoms with Crippen molar-refractivity contribution in [2.75, 3.05) is 26.2 Å². The molecule has 154 valence electrons. The molecule has 0 aromatic heterocycles. The van der Waals surface area contributed by atoms with Crippen LogP contribution in [0.2, 0.25) is 0 Å². The van der Waals surface area contributed by atoms with Crippen molar-refractivity contribution in [3.05, 3.63) is 39.4 Å². The predicted octanol–water partition coefficient (Wildman–Crippen LogP) is 2.05. The summed E-state index contributed by atoms with van der Waals surface area (Å²) >= 11 is 0. The number of likely N-dealkylation sites (tertiary alicyclic amines) is 1. The lowest BCUT2D eigenvalue weighted by Gasteiger charge is -2.33. The molecule has 8 nitrogen and oxygen atoms in total. The number of carbonyl (C=O) groups excluding carboxylic acids is 2. The lowest BCUT2D eigenvalue weighted by Crippen LogP contribution is -2.46. The standard InChI is InChI=1S/C19H26N4O4.ClH/c1-13-5-2-7-15(17(13)23(26)27)19(25)22-10-4-6-14(12-22)11-21-18(24)16-8-3-9-20-16;/h2,5,7,14,16,20H,3-4,6,8-12H2,1H3,(H,21,24);1H. The van der Waals surface area contributed by atoms with Gasteiger partial charge in [0, 0.05) is 25.2 Å². The number of para-hydroxylation sites is 1. The van der Waals surface area contributed by atoms with E-state index in [2.05, 4.69) is 10.6 Å². The average molecular weight is 411 g/mol. The number of nitrogens with zero attached hydrogens (tertiary/aromatic N) is 2. The van der Waals surface area contributed by atoms with Gasteiger partial charge in [-0.25, -0.2) is 0 Å². The molecule has 0 radical (unpaired) electrons. The van der Waals surface area contributed by atoms with Crippen LogP contribution in [0.15, 0.2) is 18.2 Å². The SMILES string of the molecule is Cc1cccc(C(=O)N2CCCC(CNC(=O)C3CCCN3)C2)c1[N+](=O)[O-].Cl. The smallest absolute Gasteiger partial charge is 0.285 e. The molecule has 9 heteroatoms. The van der Waals surface area contributed by atoms with Crippen LogP contribution >= 0.6 is 12.4 Å². The van der Waals surface area contributed by atoms with E-state index in [1.54, 1.807) is 24.0 Å². The highest BCUT2D eigenvalue weighted by molar-refractivity contribution is 5.98. The Bertz CT molecular complexity index is 737. The summed E-state index contributed by atoms with van der Waals surface area (Å²) in [6, 6.07) is 4.72. The van der Waals surface area contributed by atoms with E-state index in [1.807, 2.05) is 0 Å². The van der Waals surface area contributed by atoms with Crippen molar-refractivity contribution in [1.82, 2.24) is 15.5 Å². The molecule has 0 bridgehead atoms. The minimum absolute atomic E-state index is 0. The molecular weight excluding hydrogens is 384 g/mol. The van der Waals surface area contributed by atoms with Gasteiger partial charge in [0.1, 0.15) is 5.56 Å². The van der Waals surface area contributed by atoms with Crippen molar-refractivity contribution >= 4 is 29.9 Å². The lowest BCUT2D eigenvalue weighted by atomic mass is 9.96. The molecular formula is C19H27ClN4O4. The number of hydrogen-bond donors (Lipinski definition) is 2. The van der Waals surface area contributed by atoms with Gasteiger partial charge < -0.3 is 15.5 Å². The van der Waals surface area contributed by atoms with Crippen LogP contribution in [0.5, 0.6) is 0 Å². The van der Waals surface area contributed by atoms with E-state index < -0.39 is 4.92 Å². The maximum Gasteiger partial charge on any atom is 0.285 e. The van der Waals surface area contributed by atoms with Crippen LogP contribution < -0.4 is 10.6 Å². The molecule has 2 amide bonds. The number of carbonyl (C=O) groups is 2. The van der Waals surface area contributed by atoms with Gasteiger partial charge in [0.05, 0.1) is 11.0 Å². The first-order valence-electron chi connectivity index (χ1n) is 9.51. The highest BCUT2D eigenvalue weighted by atomic mass is 35.5. The summed E-state index contributed by atoms with van der Waals surface area (Å²) in [5, 5.41) is 17.5. The third kappa shape index (κ3) is 4.99. The first-order chi connectivity index (χ1) is 13.0. The molecule has 0 aliphatic carbocycles. The Labute approximate surface area is 170 Å². The fourth-order valence-corrected chi connectivity index (χ4v) is 3.94. The molecule has 2 atom stereocenters. The third-order valence-corrected chi connectivity index (χ3v) is 5.40. The van der Waals surface area contributed by atoms with Gasteiger partial charge in [-0.2, -0.15) is 0 Å². The molecule has 0 spiro atoms. The second-order valence-corrected chi connectivity index (χ2v) is 7.38. The van der Waals surface area contributed by atoms with Crippen molar-refractivity contribution in [3.8, 4) is 0 Å². The normalized spacial score (nSPS) is 21.7. The van der Waals surface area contributed by atoms with Crippen molar-refractivity contribution in [3.63, 3.8) is 0 Å². The monoisotopic (exact) mass is 410 g/mol. The zero-order valence-corrected chi connectivity index (χ0v) is 16.8. The number of amides is 2. The van der Waals surface area contributed by atoms with Crippen molar-refractivity contribution in [2.24, 2.45) is 5.92 Å². The van der Waals surface area contributed by atoms with Gasteiger partial charge in [0.2, 0.25) is 5.91 Å². The maximum atomic E-state index is 12.9. The highest BCUT2D eigenvalue weighted by Gasteiger charge is 2.30. The topological polar surface area (TPSA) is 105 Å². The van der Waals surface area contributed by atoms with Crippen LogP contribution in [0, 0.1) is 23.0 Å². The lowest BCUT2D eigenvalue weighted by molar-refractivity contribution is -0.385. The first-order valence-corrected chi connectivity index (χ1v) is 9.51. The summed E-state index contributed by atoms with van der Waals surface area (Å²) in [6.07, 6.45) is 3.63. The van der Waals surface area contributed by atoms with Crippen molar-refractivity contribution < 1.29 is 14.5 Å². The summed E-state index contributed by atoms with van der Waals surface area (Å²) in [4.78, 5) is 37.6. The zero-order chi connectivity index (χ0) is 19.4. The Morgan fingerprint density at radius 3 is 2.79 bits per heavy atom. The second-order valence-electron chi connectivity index (χ2n) is 7.38. The van der Waals surface area contributed by atoms with Gasteiger partial charge >= 0.3 is 0 Å². The highest BCUT2D eigenvalue weighted by Crippen LogP contribution is 2.26. The summed E-state index contributed by atoms with van der Waals surface area (Å²) in [7, 11) is 0. The van der Waals surface area contributed by atoms with Gasteiger partial charge in [0.25, 0.3) is 11.6 Å². The molecule has 2 heterocycles. The fraction of sp³-hybridized carbons (Fsp3) is 0.579. The van der Waals surface area contributed by atoms with Crippen LogP contribution in [0.4, 0.5) is 5.69 Å². The number of nitro groups is 1. The van der Waals surface area contributed by atoms with E-state index in [9.17, 15) is 19.7 Å². The first kappa shape index (κ1) is 22.1. The van der Waals surface area contributed by atoms with Crippen molar-refractivity contribution in [1.29, 1.82) is 0 Å². The minimum Gasteiger partial charge on any atom is -0.354 e. The molecule has 2 fully saturated rings. The largest absolute Gasteiger partial charge is 0.354 e. The summed E-state index contributed by atoms with van der Waals surface area (Å²) < 4.78 is 0. The maximum absolute atomic E-state index is 12.9. The Hall–Kier alpha value is -2.19. The predicted molar refractivity (Wildman–Crippen MR) is 108 cm³/mol. The molecule has 1 aromatic carbocycles. The van der Waals surface area contributed by atoms with Gasteiger partial charge in [-0.15, -0.1) is 12.4 Å². The zero-order valence-electron chi connectivity index (χ0n) is 16.0. The van der Waals surface area contributed by atoms with E-state index in [0.717, 1.165) is 32.2 Å². The Balaban J connectivity index is 0.00000280. The van der Waals surface area contributed by atoms with Crippen LogP contribution in [-0.4, -0.2) is 53.9 Å². The van der Waals surface area contributed by atoms with Crippen LogP contribution in [0.25, 0.3) is 0 Å². The number of hydrogen-bond acceptors (Lipinski definition) is 5. The number of benzene rings is 1. The van der Waals surface area contributed by atoms with Gasteiger partial charge in [0.15, 0.2) is 0 Å². The van der Waals surface area contributed by atoms with E-state index in [4.69, 9.17) is 0 Å². The Kier molecular flexibility index (Phi) is 7.77. The van der Waals surface area contributed by atoms with Gasteiger partial charge in [-0.1, -0.05) is 12.1 Å². The van der Waals surface area contributed by atoms with E-state index >= 15 is 0 Å². The molecule has 2 aliphatic heterocycles. The number of aryl methyl sites for hydroxylation is 1. The molecule has 2 unspecified atom stereocenters. The number of nitro benzene ring substituents is 1. The number of nitrogens with one attached hydrogen (secondary N) is 2. The third-order valence-electron chi connectivity index (χ3n) is 5.40. The Morgan fingerprint density at radius 1 is 1.32 bits per heavy atom. The number of piperidine rings is 1. The fourth-order valence-electron chi connectivity index (χ4n) is 3.94. The van der Waals surface area contributed by atoms with Crippen LogP contribution in [0.3, 0.4) is 0 Å². The molecule has 3 rings (SSSR count). The van der Waals surface area contributed by atoms with Crippen LogP contribution in [-0.2, 0) is 4.79 Å². The van der Waals surface area contributed by atoms with E-state index in [0.29, 0.717) is 25.2 Å². The number of rotatable bonds is 5. The number of halogens is 1. The van der Waals surface area contributed by atoms with Crippen molar-refractivity contribution in [2.45, 2.75) is 38.6 Å². The average Bonchev–Trinajstić information content (AvgIpc) is 3.20. The molecule has 2 aliphatic rings. The molecule has 2 N–H and O–H groups in total. The Morgan fingerprint density at radius 2 is 2.11 bits per heavy atom. The minimum atomic E-state index is -0.487. The molecule has 1 aromatic rings. The summed E-state index contributed by atoms with van der Waals surface area (Å²) in [5.41, 5.74) is 0.501. The molecule has 0 saturated carbocycles. The molecule has 2 saturated heterocycles. The summed E-state index contributed by atoms with van der Waals surface area (Å²) in [6.45, 7) is 4.12. The summed E-state index contributed by atoms with van der Waals surface area (Å²) in [5.74, 6) is -0.124. The molecule has 28 heavy (non-hydrogen) atoms. The van der Waals surface area contributed by atoms with E-state index in [1.165, 1.54) is 6.07 Å². The van der Waals surface area contributed by atoms with Crippen LogP contribution in [0.1, 0.15) is 41.6 Å².